The monoisotopic (exact) mass is 210 g/mol. The van der Waals surface area contributed by atoms with Crippen molar-refractivity contribution in [3.8, 4) is 0 Å². The first-order valence-electron chi connectivity index (χ1n) is 4.58. The fourth-order valence-electron chi connectivity index (χ4n) is 1.28. The van der Waals surface area contributed by atoms with E-state index in [1.54, 1.807) is 4.90 Å². The maximum absolute atomic E-state index is 11.5. The van der Waals surface area contributed by atoms with Crippen LogP contribution in [-0.4, -0.2) is 50.0 Å². The van der Waals surface area contributed by atoms with E-state index in [4.69, 9.17) is 5.11 Å². The summed E-state index contributed by atoms with van der Waals surface area (Å²) in [6, 6.07) is 0. The first kappa shape index (κ1) is 9.63. The SMILES string of the molecule is O=C(O)c1cn(CC(=O)N2CCC2)nn1. The van der Waals surface area contributed by atoms with E-state index in [1.807, 2.05) is 0 Å². The summed E-state index contributed by atoms with van der Waals surface area (Å²) in [5.41, 5.74) is -0.147. The highest BCUT2D eigenvalue weighted by atomic mass is 16.4. The molecule has 0 radical (unpaired) electrons. The van der Waals surface area contributed by atoms with Gasteiger partial charge in [-0.1, -0.05) is 5.21 Å². The minimum Gasteiger partial charge on any atom is -0.476 e. The van der Waals surface area contributed by atoms with Gasteiger partial charge in [0.1, 0.15) is 6.54 Å². The van der Waals surface area contributed by atoms with Gasteiger partial charge >= 0.3 is 5.97 Å². The lowest BCUT2D eigenvalue weighted by molar-refractivity contribution is -0.135. The summed E-state index contributed by atoms with van der Waals surface area (Å²) in [6.07, 6.45) is 2.28. The van der Waals surface area contributed by atoms with Crippen molar-refractivity contribution < 1.29 is 14.7 Å². The molecular formula is C8H10N4O3. The molecule has 1 aliphatic rings. The van der Waals surface area contributed by atoms with Crippen molar-refractivity contribution in [1.82, 2.24) is 19.9 Å². The van der Waals surface area contributed by atoms with Crippen molar-refractivity contribution in [3.63, 3.8) is 0 Å². The summed E-state index contributed by atoms with van der Waals surface area (Å²) < 4.78 is 1.24. The van der Waals surface area contributed by atoms with E-state index < -0.39 is 5.97 Å². The summed E-state index contributed by atoms with van der Waals surface area (Å²) in [5, 5.41) is 15.6. The molecule has 0 atom stereocenters. The maximum Gasteiger partial charge on any atom is 0.358 e. The molecule has 1 saturated heterocycles. The molecule has 0 bridgehead atoms. The van der Waals surface area contributed by atoms with Gasteiger partial charge in [-0.3, -0.25) is 4.79 Å². The summed E-state index contributed by atoms with van der Waals surface area (Å²) in [6.45, 7) is 1.61. The molecule has 1 N–H and O–H groups in total. The zero-order chi connectivity index (χ0) is 10.8. The third-order valence-electron chi connectivity index (χ3n) is 2.26. The molecule has 2 heterocycles. The van der Waals surface area contributed by atoms with Crippen LogP contribution in [0, 0.1) is 0 Å². The van der Waals surface area contributed by atoms with E-state index in [2.05, 4.69) is 10.3 Å². The number of carboxylic acid groups (broad SMARTS) is 1. The molecule has 1 aliphatic heterocycles. The Bertz CT molecular complexity index is 396. The predicted molar refractivity (Wildman–Crippen MR) is 48.2 cm³/mol. The Morgan fingerprint density at radius 1 is 1.47 bits per heavy atom. The Hall–Kier alpha value is -1.92. The van der Waals surface area contributed by atoms with Crippen LogP contribution < -0.4 is 0 Å². The maximum atomic E-state index is 11.5. The molecule has 7 nitrogen and oxygen atoms in total. The number of carbonyl (C=O) groups is 2. The Balaban J connectivity index is 1.97. The van der Waals surface area contributed by atoms with Crippen LogP contribution in [0.25, 0.3) is 0 Å². The highest BCUT2D eigenvalue weighted by Gasteiger charge is 2.21. The lowest BCUT2D eigenvalue weighted by Crippen LogP contribution is -2.43. The number of hydrogen-bond donors (Lipinski definition) is 1. The van der Waals surface area contributed by atoms with Crippen molar-refractivity contribution in [2.45, 2.75) is 13.0 Å². The highest BCUT2D eigenvalue weighted by Crippen LogP contribution is 2.06. The van der Waals surface area contributed by atoms with Gasteiger partial charge in [-0.05, 0) is 6.42 Å². The van der Waals surface area contributed by atoms with Crippen molar-refractivity contribution in [3.05, 3.63) is 11.9 Å². The zero-order valence-electron chi connectivity index (χ0n) is 7.96. The van der Waals surface area contributed by atoms with Gasteiger partial charge in [-0.15, -0.1) is 5.10 Å². The van der Waals surface area contributed by atoms with Crippen LogP contribution in [0.5, 0.6) is 0 Å². The molecule has 2 rings (SSSR count). The van der Waals surface area contributed by atoms with Gasteiger partial charge in [0.15, 0.2) is 5.69 Å². The number of aromatic carboxylic acids is 1. The fourth-order valence-corrected chi connectivity index (χ4v) is 1.28. The summed E-state index contributed by atoms with van der Waals surface area (Å²) in [7, 11) is 0. The lowest BCUT2D eigenvalue weighted by Gasteiger charge is -2.30. The second kappa shape index (κ2) is 3.68. The molecule has 0 aromatic carbocycles. The van der Waals surface area contributed by atoms with Gasteiger partial charge in [-0.2, -0.15) is 0 Å². The van der Waals surface area contributed by atoms with E-state index >= 15 is 0 Å². The molecule has 0 unspecified atom stereocenters. The largest absolute Gasteiger partial charge is 0.476 e. The molecule has 1 amide bonds. The van der Waals surface area contributed by atoms with Crippen LogP contribution in [0.15, 0.2) is 6.20 Å². The Morgan fingerprint density at radius 3 is 2.67 bits per heavy atom. The number of carboxylic acids is 1. The number of nitrogens with zero attached hydrogens (tertiary/aromatic N) is 4. The summed E-state index contributed by atoms with van der Waals surface area (Å²) >= 11 is 0. The van der Waals surface area contributed by atoms with Gasteiger partial charge in [0.2, 0.25) is 5.91 Å². The van der Waals surface area contributed by atoms with Crippen molar-refractivity contribution in [1.29, 1.82) is 0 Å². The molecule has 7 heteroatoms. The molecule has 1 aromatic heterocycles. The van der Waals surface area contributed by atoms with Crippen LogP contribution in [0.1, 0.15) is 16.9 Å². The number of carbonyl (C=O) groups excluding carboxylic acids is 1. The van der Waals surface area contributed by atoms with E-state index in [9.17, 15) is 9.59 Å². The van der Waals surface area contributed by atoms with Crippen LogP contribution >= 0.6 is 0 Å². The number of rotatable bonds is 3. The third kappa shape index (κ3) is 1.95. The number of amides is 1. The molecule has 0 saturated carbocycles. The smallest absolute Gasteiger partial charge is 0.358 e. The average Bonchev–Trinajstić information content (AvgIpc) is 2.48. The fraction of sp³-hybridized carbons (Fsp3) is 0.500. The van der Waals surface area contributed by atoms with Gasteiger partial charge in [0.25, 0.3) is 0 Å². The normalized spacial score (nSPS) is 14.8. The van der Waals surface area contributed by atoms with Crippen LogP contribution in [0.4, 0.5) is 0 Å². The Labute approximate surface area is 85.3 Å². The number of aromatic nitrogens is 3. The van der Waals surface area contributed by atoms with Crippen molar-refractivity contribution in [2.24, 2.45) is 0 Å². The second-order valence-electron chi connectivity index (χ2n) is 3.34. The van der Waals surface area contributed by atoms with E-state index in [0.29, 0.717) is 0 Å². The van der Waals surface area contributed by atoms with Crippen molar-refractivity contribution >= 4 is 11.9 Å². The molecule has 15 heavy (non-hydrogen) atoms. The van der Waals surface area contributed by atoms with Crippen LogP contribution in [0.3, 0.4) is 0 Å². The lowest BCUT2D eigenvalue weighted by atomic mass is 10.2. The van der Waals surface area contributed by atoms with E-state index in [1.165, 1.54) is 10.9 Å². The van der Waals surface area contributed by atoms with Crippen LogP contribution in [0.2, 0.25) is 0 Å². The minimum absolute atomic E-state index is 0.0527. The first-order chi connectivity index (χ1) is 7.16. The topological polar surface area (TPSA) is 88.3 Å². The molecule has 0 spiro atoms. The minimum atomic E-state index is -1.14. The highest BCUT2D eigenvalue weighted by molar-refractivity contribution is 5.84. The number of likely N-dealkylation sites (tertiary alicyclic amines) is 1. The van der Waals surface area contributed by atoms with Gasteiger partial charge < -0.3 is 10.0 Å². The molecular weight excluding hydrogens is 200 g/mol. The second-order valence-corrected chi connectivity index (χ2v) is 3.34. The van der Waals surface area contributed by atoms with E-state index in [-0.39, 0.29) is 18.1 Å². The van der Waals surface area contributed by atoms with Gasteiger partial charge in [-0.25, -0.2) is 9.48 Å². The van der Waals surface area contributed by atoms with E-state index in [0.717, 1.165) is 19.5 Å². The molecule has 1 aromatic rings. The predicted octanol–water partition coefficient (Wildman–Crippen LogP) is -0.791. The molecule has 80 valence electrons. The van der Waals surface area contributed by atoms with Gasteiger partial charge in [0.05, 0.1) is 6.20 Å². The third-order valence-corrected chi connectivity index (χ3v) is 2.26. The van der Waals surface area contributed by atoms with Crippen molar-refractivity contribution in [2.75, 3.05) is 13.1 Å². The molecule has 0 aliphatic carbocycles. The Kier molecular flexibility index (Phi) is 2.36. The Morgan fingerprint density at radius 2 is 2.20 bits per heavy atom. The zero-order valence-corrected chi connectivity index (χ0v) is 7.96. The summed E-state index contributed by atoms with van der Waals surface area (Å²) in [5.74, 6) is -1.19. The van der Waals surface area contributed by atoms with Crippen LogP contribution in [-0.2, 0) is 11.3 Å². The number of hydrogen-bond acceptors (Lipinski definition) is 4. The quantitative estimate of drug-likeness (QED) is 0.706. The van der Waals surface area contributed by atoms with Gasteiger partial charge in [0, 0.05) is 13.1 Å². The average molecular weight is 210 g/mol. The first-order valence-corrected chi connectivity index (χ1v) is 4.58. The standard InChI is InChI=1S/C8H10N4O3/c13-7(11-2-1-3-11)5-12-4-6(8(14)15)9-10-12/h4H,1-3,5H2,(H,14,15). The molecule has 1 fully saturated rings. The summed E-state index contributed by atoms with van der Waals surface area (Å²) in [4.78, 5) is 23.7.